The molecular weight excluding hydrogens is 256 g/mol. The molecule has 0 saturated heterocycles. The lowest BCUT2D eigenvalue weighted by Gasteiger charge is -2.19. The van der Waals surface area contributed by atoms with Crippen LogP contribution in [0.5, 0.6) is 0 Å². The first-order chi connectivity index (χ1) is 9.40. The lowest BCUT2D eigenvalue weighted by Crippen LogP contribution is -2.18. The predicted octanol–water partition coefficient (Wildman–Crippen LogP) is 4.13. The summed E-state index contributed by atoms with van der Waals surface area (Å²) in [7, 11) is 0. The van der Waals surface area contributed by atoms with E-state index in [1.807, 2.05) is 32.9 Å². The molecule has 0 saturated carbocycles. The molecule has 3 heteroatoms. The molecule has 106 valence electrons. The average molecular weight is 275 g/mol. The van der Waals surface area contributed by atoms with Crippen LogP contribution in [0.1, 0.15) is 33.9 Å². The van der Waals surface area contributed by atoms with E-state index in [0.717, 1.165) is 22.3 Å². The zero-order chi connectivity index (χ0) is 14.9. The first-order valence-corrected chi connectivity index (χ1v) is 6.66. The van der Waals surface area contributed by atoms with Crippen LogP contribution in [0.25, 0.3) is 0 Å². The number of aryl methyl sites for hydroxylation is 3. The van der Waals surface area contributed by atoms with Crippen molar-refractivity contribution in [3.8, 4) is 0 Å². The number of nitrogens with two attached hydrogens (primary N) is 1. The summed E-state index contributed by atoms with van der Waals surface area (Å²) >= 11 is 0. The largest absolute Gasteiger partial charge is 0.324 e. The van der Waals surface area contributed by atoms with Crippen LogP contribution >= 0.6 is 0 Å². The quantitative estimate of drug-likeness (QED) is 0.895. The van der Waals surface area contributed by atoms with Gasteiger partial charge in [0.25, 0.3) is 0 Å². The van der Waals surface area contributed by atoms with Gasteiger partial charge in [0.2, 0.25) is 0 Å². The van der Waals surface area contributed by atoms with E-state index < -0.39 is 17.7 Å². The molecule has 2 aromatic rings. The average Bonchev–Trinajstić information content (AvgIpc) is 2.32. The van der Waals surface area contributed by atoms with Crippen molar-refractivity contribution >= 4 is 0 Å². The van der Waals surface area contributed by atoms with Crippen LogP contribution in [0, 0.1) is 32.4 Å². The first-order valence-electron chi connectivity index (χ1n) is 6.66. The Labute approximate surface area is 118 Å². The Kier molecular flexibility index (Phi) is 4.19. The van der Waals surface area contributed by atoms with Crippen molar-refractivity contribution in [2.75, 3.05) is 0 Å². The maximum absolute atomic E-state index is 13.7. The summed E-state index contributed by atoms with van der Waals surface area (Å²) in [6.45, 7) is 5.98. The molecule has 0 aromatic heterocycles. The van der Waals surface area contributed by atoms with Crippen LogP contribution < -0.4 is 5.73 Å². The SMILES string of the molecule is Cc1cc(C)c(C(N)Cc2c(F)cccc2F)c(C)c1. The topological polar surface area (TPSA) is 26.0 Å². The molecule has 0 spiro atoms. The molecular formula is C17H19F2N. The highest BCUT2D eigenvalue weighted by molar-refractivity contribution is 5.40. The van der Waals surface area contributed by atoms with Crippen molar-refractivity contribution in [2.45, 2.75) is 33.2 Å². The molecule has 0 aliphatic heterocycles. The number of hydrogen-bond acceptors (Lipinski definition) is 1. The third kappa shape index (κ3) is 2.88. The molecule has 1 unspecified atom stereocenters. The molecule has 1 nitrogen and oxygen atoms in total. The maximum Gasteiger partial charge on any atom is 0.129 e. The van der Waals surface area contributed by atoms with E-state index in [1.54, 1.807) is 0 Å². The molecule has 0 bridgehead atoms. The second-order valence-corrected chi connectivity index (χ2v) is 5.32. The maximum atomic E-state index is 13.7. The second kappa shape index (κ2) is 5.71. The highest BCUT2D eigenvalue weighted by Crippen LogP contribution is 2.26. The summed E-state index contributed by atoms with van der Waals surface area (Å²) in [4.78, 5) is 0. The van der Waals surface area contributed by atoms with E-state index in [9.17, 15) is 8.78 Å². The minimum absolute atomic E-state index is 0.0550. The van der Waals surface area contributed by atoms with Gasteiger partial charge < -0.3 is 5.73 Å². The van der Waals surface area contributed by atoms with Gasteiger partial charge in [-0.05, 0) is 56.0 Å². The summed E-state index contributed by atoms with van der Waals surface area (Å²) in [6.07, 6.45) is 0.156. The van der Waals surface area contributed by atoms with Gasteiger partial charge in [-0.2, -0.15) is 0 Å². The Hall–Kier alpha value is -1.74. The van der Waals surface area contributed by atoms with E-state index in [4.69, 9.17) is 5.73 Å². The fraction of sp³-hybridized carbons (Fsp3) is 0.294. The molecule has 2 N–H and O–H groups in total. The minimum Gasteiger partial charge on any atom is -0.324 e. The Morgan fingerprint density at radius 2 is 1.50 bits per heavy atom. The van der Waals surface area contributed by atoms with Crippen molar-refractivity contribution in [1.82, 2.24) is 0 Å². The van der Waals surface area contributed by atoms with Gasteiger partial charge >= 0.3 is 0 Å². The van der Waals surface area contributed by atoms with E-state index in [2.05, 4.69) is 0 Å². The number of benzene rings is 2. The molecule has 0 heterocycles. The van der Waals surface area contributed by atoms with Crippen LogP contribution in [0.3, 0.4) is 0 Å². The lowest BCUT2D eigenvalue weighted by atomic mass is 9.91. The fourth-order valence-corrected chi connectivity index (χ4v) is 2.83. The highest BCUT2D eigenvalue weighted by atomic mass is 19.1. The molecule has 0 aliphatic carbocycles. The molecule has 2 aromatic carbocycles. The third-order valence-electron chi connectivity index (χ3n) is 3.59. The summed E-state index contributed by atoms with van der Waals surface area (Å²) in [5.74, 6) is -1.08. The Morgan fingerprint density at radius 1 is 1.00 bits per heavy atom. The van der Waals surface area contributed by atoms with Crippen LogP contribution in [0.4, 0.5) is 8.78 Å². The van der Waals surface area contributed by atoms with E-state index in [-0.39, 0.29) is 12.0 Å². The Morgan fingerprint density at radius 3 is 2.00 bits per heavy atom. The van der Waals surface area contributed by atoms with Gasteiger partial charge in [0.15, 0.2) is 0 Å². The first kappa shape index (κ1) is 14.7. The van der Waals surface area contributed by atoms with Gasteiger partial charge in [-0.15, -0.1) is 0 Å². The molecule has 0 amide bonds. The molecule has 1 atom stereocenters. The minimum atomic E-state index is -0.539. The summed E-state index contributed by atoms with van der Waals surface area (Å²) in [6, 6.07) is 7.56. The molecule has 0 radical (unpaired) electrons. The molecule has 0 fully saturated rings. The summed E-state index contributed by atoms with van der Waals surface area (Å²) < 4.78 is 27.4. The highest BCUT2D eigenvalue weighted by Gasteiger charge is 2.17. The van der Waals surface area contributed by atoms with Gasteiger partial charge in [0.1, 0.15) is 11.6 Å². The van der Waals surface area contributed by atoms with Gasteiger partial charge in [0.05, 0.1) is 0 Å². The Bertz CT molecular complexity index is 592. The standard InChI is InChI=1S/C17H19F2N/c1-10-7-11(2)17(12(3)8-10)16(20)9-13-14(18)5-4-6-15(13)19/h4-8,16H,9,20H2,1-3H3. The van der Waals surface area contributed by atoms with Gasteiger partial charge in [-0.25, -0.2) is 8.78 Å². The van der Waals surface area contributed by atoms with Crippen molar-refractivity contribution in [1.29, 1.82) is 0 Å². The third-order valence-corrected chi connectivity index (χ3v) is 3.59. The van der Waals surface area contributed by atoms with Crippen molar-refractivity contribution in [3.63, 3.8) is 0 Å². The van der Waals surface area contributed by atoms with Crippen molar-refractivity contribution in [3.05, 3.63) is 69.8 Å². The number of halogens is 2. The lowest BCUT2D eigenvalue weighted by molar-refractivity contribution is 0.539. The van der Waals surface area contributed by atoms with Crippen LogP contribution in [-0.2, 0) is 6.42 Å². The molecule has 0 aliphatic rings. The number of rotatable bonds is 3. The van der Waals surface area contributed by atoms with Crippen molar-refractivity contribution < 1.29 is 8.78 Å². The van der Waals surface area contributed by atoms with Gasteiger partial charge in [-0.1, -0.05) is 23.8 Å². The van der Waals surface area contributed by atoms with E-state index >= 15 is 0 Å². The smallest absolute Gasteiger partial charge is 0.129 e. The van der Waals surface area contributed by atoms with Crippen LogP contribution in [0.2, 0.25) is 0 Å². The zero-order valence-corrected chi connectivity index (χ0v) is 12.0. The van der Waals surface area contributed by atoms with E-state index in [0.29, 0.717) is 0 Å². The second-order valence-electron chi connectivity index (χ2n) is 5.32. The van der Waals surface area contributed by atoms with Gasteiger partial charge in [0, 0.05) is 11.6 Å². The zero-order valence-electron chi connectivity index (χ0n) is 12.0. The monoisotopic (exact) mass is 275 g/mol. The van der Waals surface area contributed by atoms with Crippen molar-refractivity contribution in [2.24, 2.45) is 5.73 Å². The molecule has 20 heavy (non-hydrogen) atoms. The van der Waals surface area contributed by atoms with Crippen LogP contribution in [0.15, 0.2) is 30.3 Å². The molecule has 2 rings (SSSR count). The van der Waals surface area contributed by atoms with E-state index in [1.165, 1.54) is 18.2 Å². The normalized spacial score (nSPS) is 12.5. The predicted molar refractivity (Wildman–Crippen MR) is 77.6 cm³/mol. The Balaban J connectivity index is 2.36. The van der Waals surface area contributed by atoms with Gasteiger partial charge in [-0.3, -0.25) is 0 Å². The fourth-order valence-electron chi connectivity index (χ4n) is 2.83. The van der Waals surface area contributed by atoms with Crippen LogP contribution in [-0.4, -0.2) is 0 Å². The number of hydrogen-bond donors (Lipinski definition) is 1. The summed E-state index contributed by atoms with van der Waals surface area (Å²) in [5.41, 5.74) is 10.5. The summed E-state index contributed by atoms with van der Waals surface area (Å²) in [5, 5.41) is 0.